The minimum absolute atomic E-state index is 0.484. The van der Waals surface area contributed by atoms with Gasteiger partial charge in [-0.2, -0.15) is 0 Å². The summed E-state index contributed by atoms with van der Waals surface area (Å²) in [5.74, 6) is 0.684. The number of hydrogen-bond donors (Lipinski definition) is 1. The Hall–Kier alpha value is -0.960. The third kappa shape index (κ3) is 3.29. The topological polar surface area (TPSA) is 24.4 Å². The van der Waals surface area contributed by atoms with Crippen LogP contribution in [0.15, 0.2) is 35.3 Å². The number of rotatable bonds is 4. The van der Waals surface area contributed by atoms with Crippen molar-refractivity contribution in [2.24, 2.45) is 10.9 Å². The zero-order chi connectivity index (χ0) is 13.0. The Morgan fingerprint density at radius 2 is 2.06 bits per heavy atom. The Bertz CT molecular complexity index is 402. The molecule has 3 atom stereocenters. The van der Waals surface area contributed by atoms with Crippen LogP contribution in [-0.4, -0.2) is 17.8 Å². The van der Waals surface area contributed by atoms with Crippen LogP contribution in [0.2, 0.25) is 0 Å². The summed E-state index contributed by atoms with van der Waals surface area (Å²) in [7, 11) is 0. The molecule has 1 aromatic carbocycles. The molecule has 0 aromatic heterocycles. The lowest BCUT2D eigenvalue weighted by Crippen LogP contribution is -2.34. The summed E-state index contributed by atoms with van der Waals surface area (Å²) in [6.45, 7) is 7.66. The quantitative estimate of drug-likeness (QED) is 0.891. The van der Waals surface area contributed by atoms with Crippen molar-refractivity contribution in [1.82, 2.24) is 5.32 Å². The highest BCUT2D eigenvalue weighted by molar-refractivity contribution is 8.14. The maximum Gasteiger partial charge on any atom is 0.157 e. The van der Waals surface area contributed by atoms with Crippen molar-refractivity contribution >= 4 is 16.9 Å². The SMILES string of the molecule is CCC(C)C(C)NC1=NCC(c2ccccc2)S1. The van der Waals surface area contributed by atoms with E-state index in [1.165, 1.54) is 12.0 Å². The molecule has 3 unspecified atom stereocenters. The van der Waals surface area contributed by atoms with Gasteiger partial charge < -0.3 is 5.32 Å². The number of nitrogens with zero attached hydrogens (tertiary/aromatic N) is 1. The van der Waals surface area contributed by atoms with Gasteiger partial charge in [0.15, 0.2) is 5.17 Å². The first-order chi connectivity index (χ1) is 8.70. The maximum absolute atomic E-state index is 4.62. The third-order valence-electron chi connectivity index (χ3n) is 3.67. The van der Waals surface area contributed by atoms with E-state index in [-0.39, 0.29) is 0 Å². The van der Waals surface area contributed by atoms with Crippen LogP contribution in [0.25, 0.3) is 0 Å². The van der Waals surface area contributed by atoms with Gasteiger partial charge in [-0.05, 0) is 18.4 Å². The lowest BCUT2D eigenvalue weighted by atomic mass is 10.0. The van der Waals surface area contributed by atoms with Gasteiger partial charge in [0.2, 0.25) is 0 Å². The summed E-state index contributed by atoms with van der Waals surface area (Å²) in [6.07, 6.45) is 1.20. The van der Waals surface area contributed by atoms with Crippen molar-refractivity contribution < 1.29 is 0 Å². The van der Waals surface area contributed by atoms with Gasteiger partial charge in [-0.3, -0.25) is 4.99 Å². The van der Waals surface area contributed by atoms with E-state index in [0.717, 1.165) is 11.7 Å². The molecule has 0 radical (unpaired) electrons. The molecular formula is C15H22N2S. The van der Waals surface area contributed by atoms with Crippen LogP contribution in [0.3, 0.4) is 0 Å². The molecule has 1 N–H and O–H groups in total. The Morgan fingerprint density at radius 1 is 1.33 bits per heavy atom. The molecule has 0 amide bonds. The molecule has 0 bridgehead atoms. The number of amidine groups is 1. The van der Waals surface area contributed by atoms with Gasteiger partial charge in [0.25, 0.3) is 0 Å². The van der Waals surface area contributed by atoms with E-state index in [4.69, 9.17) is 0 Å². The predicted octanol–water partition coefficient (Wildman–Crippen LogP) is 3.85. The summed E-state index contributed by atoms with van der Waals surface area (Å²) in [5, 5.41) is 5.13. The van der Waals surface area contributed by atoms with Gasteiger partial charge in [0, 0.05) is 6.04 Å². The lowest BCUT2D eigenvalue weighted by Gasteiger charge is -2.20. The van der Waals surface area contributed by atoms with Crippen molar-refractivity contribution in [2.75, 3.05) is 6.54 Å². The largest absolute Gasteiger partial charge is 0.362 e. The van der Waals surface area contributed by atoms with E-state index in [1.54, 1.807) is 0 Å². The van der Waals surface area contributed by atoms with Gasteiger partial charge in [-0.1, -0.05) is 62.4 Å². The summed E-state index contributed by atoms with van der Waals surface area (Å²) < 4.78 is 0. The molecule has 98 valence electrons. The van der Waals surface area contributed by atoms with Crippen molar-refractivity contribution in [1.29, 1.82) is 0 Å². The van der Waals surface area contributed by atoms with E-state index >= 15 is 0 Å². The second-order valence-electron chi connectivity index (χ2n) is 4.98. The Balaban J connectivity index is 1.88. The van der Waals surface area contributed by atoms with Crippen LogP contribution >= 0.6 is 11.8 Å². The second kappa shape index (κ2) is 6.28. The van der Waals surface area contributed by atoms with Gasteiger partial charge >= 0.3 is 0 Å². The van der Waals surface area contributed by atoms with Crippen LogP contribution in [0, 0.1) is 5.92 Å². The highest BCUT2D eigenvalue weighted by Gasteiger charge is 2.22. The van der Waals surface area contributed by atoms with Gasteiger partial charge in [-0.25, -0.2) is 0 Å². The zero-order valence-corrected chi connectivity index (χ0v) is 12.2. The van der Waals surface area contributed by atoms with E-state index in [2.05, 4.69) is 61.4 Å². The molecule has 2 rings (SSSR count). The maximum atomic E-state index is 4.62. The van der Waals surface area contributed by atoms with Crippen LogP contribution in [0.1, 0.15) is 38.0 Å². The van der Waals surface area contributed by atoms with Crippen molar-refractivity contribution in [2.45, 2.75) is 38.5 Å². The van der Waals surface area contributed by atoms with Crippen LogP contribution in [0.5, 0.6) is 0 Å². The molecule has 2 nitrogen and oxygen atoms in total. The van der Waals surface area contributed by atoms with E-state index in [1.807, 2.05) is 11.8 Å². The van der Waals surface area contributed by atoms with Crippen molar-refractivity contribution in [3.63, 3.8) is 0 Å². The fourth-order valence-electron chi connectivity index (χ4n) is 1.99. The minimum Gasteiger partial charge on any atom is -0.362 e. The van der Waals surface area contributed by atoms with Gasteiger partial charge in [0.05, 0.1) is 11.8 Å². The molecule has 0 aliphatic carbocycles. The van der Waals surface area contributed by atoms with E-state index in [0.29, 0.717) is 17.2 Å². The number of aliphatic imine (C=N–C) groups is 1. The normalized spacial score (nSPS) is 22.4. The van der Waals surface area contributed by atoms with Gasteiger partial charge in [-0.15, -0.1) is 0 Å². The minimum atomic E-state index is 0.484. The average molecular weight is 262 g/mol. The highest BCUT2D eigenvalue weighted by Crippen LogP contribution is 2.34. The summed E-state index contributed by atoms with van der Waals surface area (Å²) in [6, 6.07) is 11.1. The van der Waals surface area contributed by atoms with Gasteiger partial charge in [0.1, 0.15) is 0 Å². The summed E-state index contributed by atoms with van der Waals surface area (Å²) in [5.41, 5.74) is 1.37. The first kappa shape index (κ1) is 13.5. The van der Waals surface area contributed by atoms with E-state index < -0.39 is 0 Å². The molecule has 0 fully saturated rings. The molecule has 1 aromatic rings. The first-order valence-corrected chi connectivity index (χ1v) is 7.61. The molecule has 0 saturated carbocycles. The summed E-state index contributed by atoms with van der Waals surface area (Å²) >= 11 is 1.86. The molecular weight excluding hydrogens is 240 g/mol. The Morgan fingerprint density at radius 3 is 2.72 bits per heavy atom. The molecule has 18 heavy (non-hydrogen) atoms. The Kier molecular flexibility index (Phi) is 4.70. The number of nitrogens with one attached hydrogen (secondary N) is 1. The highest BCUT2D eigenvalue weighted by atomic mass is 32.2. The fraction of sp³-hybridized carbons (Fsp3) is 0.533. The monoisotopic (exact) mass is 262 g/mol. The lowest BCUT2D eigenvalue weighted by molar-refractivity contribution is 0.439. The molecule has 0 spiro atoms. The molecule has 1 aliphatic heterocycles. The number of benzene rings is 1. The second-order valence-corrected chi connectivity index (χ2v) is 6.17. The van der Waals surface area contributed by atoms with Crippen molar-refractivity contribution in [3.05, 3.63) is 35.9 Å². The number of hydrogen-bond acceptors (Lipinski definition) is 3. The molecule has 0 saturated heterocycles. The van der Waals surface area contributed by atoms with Crippen LogP contribution < -0.4 is 5.32 Å². The first-order valence-electron chi connectivity index (χ1n) is 6.73. The smallest absolute Gasteiger partial charge is 0.157 e. The molecule has 1 heterocycles. The molecule has 1 aliphatic rings. The molecule has 3 heteroatoms. The number of thioether (sulfide) groups is 1. The van der Waals surface area contributed by atoms with Crippen molar-refractivity contribution in [3.8, 4) is 0 Å². The summed E-state index contributed by atoms with van der Waals surface area (Å²) in [4.78, 5) is 4.62. The van der Waals surface area contributed by atoms with E-state index in [9.17, 15) is 0 Å². The van der Waals surface area contributed by atoms with Crippen LogP contribution in [0.4, 0.5) is 0 Å². The van der Waals surface area contributed by atoms with Crippen LogP contribution in [-0.2, 0) is 0 Å². The zero-order valence-electron chi connectivity index (χ0n) is 11.4. The fourth-order valence-corrected chi connectivity index (χ4v) is 3.10. The average Bonchev–Trinajstić information content (AvgIpc) is 2.87. The standard InChI is InChI=1S/C15H22N2S/c1-4-11(2)12(3)17-15-16-10-14(18-15)13-8-6-5-7-9-13/h5-9,11-12,14H,4,10H2,1-3H3,(H,16,17). The predicted molar refractivity (Wildman–Crippen MR) is 81.1 cm³/mol. The Labute approximate surface area is 114 Å². The third-order valence-corrected chi connectivity index (χ3v) is 4.85.